The molecule has 1 N–H and O–H groups in total. The second-order valence-electron chi connectivity index (χ2n) is 3.38. The Bertz CT molecular complexity index is 448. The molecule has 90 valence electrons. The molecule has 0 atom stereocenters. The summed E-state index contributed by atoms with van der Waals surface area (Å²) in [6.45, 7) is 0.913. The van der Waals surface area contributed by atoms with Gasteiger partial charge in [-0.2, -0.15) is 16.1 Å². The summed E-state index contributed by atoms with van der Waals surface area (Å²) >= 11 is 3.05. The van der Waals surface area contributed by atoms with Crippen LogP contribution in [0.4, 0.5) is 0 Å². The van der Waals surface area contributed by atoms with E-state index in [1.54, 1.807) is 23.2 Å². The maximum atomic E-state index is 12.2. The highest BCUT2D eigenvalue weighted by molar-refractivity contribution is 7.99. The van der Waals surface area contributed by atoms with E-state index in [0.29, 0.717) is 18.0 Å². The summed E-state index contributed by atoms with van der Waals surface area (Å²) in [5.74, 6) is 1.69. The lowest BCUT2D eigenvalue weighted by molar-refractivity contribution is 0.282. The smallest absolute Gasteiger partial charge is 0.244 e. The lowest BCUT2D eigenvalue weighted by Crippen LogP contribution is -2.38. The Morgan fingerprint density at radius 2 is 2.06 bits per heavy atom. The van der Waals surface area contributed by atoms with Gasteiger partial charge in [0, 0.05) is 29.5 Å². The number of aliphatic hydroxyl groups is 1. The Morgan fingerprint density at radius 3 is 2.69 bits per heavy atom. The second kappa shape index (κ2) is 5.05. The molecule has 1 aliphatic rings. The Balaban J connectivity index is 2.30. The zero-order valence-electron chi connectivity index (χ0n) is 8.63. The molecule has 2 rings (SSSR count). The van der Waals surface area contributed by atoms with Gasteiger partial charge in [0.25, 0.3) is 0 Å². The summed E-state index contributed by atoms with van der Waals surface area (Å²) in [5, 5.41) is 10.8. The van der Waals surface area contributed by atoms with Crippen molar-refractivity contribution in [2.75, 3.05) is 24.6 Å². The number of thiophene rings is 1. The maximum Gasteiger partial charge on any atom is 0.244 e. The van der Waals surface area contributed by atoms with Crippen LogP contribution in [0.2, 0.25) is 0 Å². The van der Waals surface area contributed by atoms with Crippen LogP contribution in [0, 0.1) is 0 Å². The van der Waals surface area contributed by atoms with Crippen molar-refractivity contribution in [3.8, 4) is 0 Å². The van der Waals surface area contributed by atoms with Crippen LogP contribution in [-0.4, -0.2) is 42.4 Å². The fourth-order valence-corrected chi connectivity index (χ4v) is 5.44. The topological polar surface area (TPSA) is 57.6 Å². The van der Waals surface area contributed by atoms with E-state index in [4.69, 9.17) is 5.11 Å². The molecular weight excluding hydrogens is 266 g/mol. The maximum absolute atomic E-state index is 12.2. The number of thioether (sulfide) groups is 1. The summed E-state index contributed by atoms with van der Waals surface area (Å²) in [6, 6.07) is 1.58. The molecule has 1 saturated heterocycles. The van der Waals surface area contributed by atoms with E-state index in [0.717, 1.165) is 11.5 Å². The van der Waals surface area contributed by atoms with Crippen LogP contribution >= 0.6 is 23.1 Å². The Labute approximate surface area is 103 Å². The highest BCUT2D eigenvalue weighted by Gasteiger charge is 2.28. The van der Waals surface area contributed by atoms with Crippen molar-refractivity contribution >= 4 is 33.1 Å². The summed E-state index contributed by atoms with van der Waals surface area (Å²) in [4.78, 5) is 0.796. The van der Waals surface area contributed by atoms with Crippen molar-refractivity contribution in [2.24, 2.45) is 0 Å². The van der Waals surface area contributed by atoms with Gasteiger partial charge in [-0.25, -0.2) is 8.42 Å². The zero-order chi connectivity index (χ0) is 11.6. The van der Waals surface area contributed by atoms with E-state index in [-0.39, 0.29) is 11.5 Å². The molecule has 1 aromatic rings. The molecule has 0 spiro atoms. The van der Waals surface area contributed by atoms with Gasteiger partial charge in [0.05, 0.1) is 11.5 Å². The summed E-state index contributed by atoms with van der Waals surface area (Å²) in [5.41, 5.74) is 0. The van der Waals surface area contributed by atoms with Gasteiger partial charge in [-0.15, -0.1) is 11.3 Å². The van der Waals surface area contributed by atoms with E-state index in [1.807, 2.05) is 0 Å². The van der Waals surface area contributed by atoms with Gasteiger partial charge >= 0.3 is 0 Å². The molecule has 16 heavy (non-hydrogen) atoms. The summed E-state index contributed by atoms with van der Waals surface area (Å²) < 4.78 is 26.0. The normalized spacial score (nSPS) is 18.8. The molecule has 0 saturated carbocycles. The average Bonchev–Trinajstić information content (AvgIpc) is 2.79. The quantitative estimate of drug-likeness (QED) is 0.896. The number of aliphatic hydroxyl groups excluding tert-OH is 1. The fraction of sp³-hybridized carbons (Fsp3) is 0.556. The first-order valence-electron chi connectivity index (χ1n) is 4.91. The molecular formula is C9H13NO3S3. The zero-order valence-corrected chi connectivity index (χ0v) is 11.1. The predicted molar refractivity (Wildman–Crippen MR) is 66.3 cm³/mol. The van der Waals surface area contributed by atoms with E-state index >= 15 is 0 Å². The largest absolute Gasteiger partial charge is 0.391 e. The van der Waals surface area contributed by atoms with Gasteiger partial charge in [-0.05, 0) is 11.4 Å². The van der Waals surface area contributed by atoms with Crippen molar-refractivity contribution < 1.29 is 13.5 Å². The molecule has 0 amide bonds. The van der Waals surface area contributed by atoms with E-state index in [9.17, 15) is 8.42 Å². The van der Waals surface area contributed by atoms with Crippen LogP contribution in [0.1, 0.15) is 4.88 Å². The second-order valence-corrected chi connectivity index (χ2v) is 7.51. The molecule has 0 radical (unpaired) electrons. The van der Waals surface area contributed by atoms with Crippen LogP contribution in [0.3, 0.4) is 0 Å². The van der Waals surface area contributed by atoms with Crippen LogP contribution in [0.25, 0.3) is 0 Å². The average molecular weight is 279 g/mol. The molecule has 0 bridgehead atoms. The molecule has 1 aromatic heterocycles. The Kier molecular flexibility index (Phi) is 3.91. The SMILES string of the molecule is O=S(=O)(c1ccsc1CO)N1CCSCC1. The molecule has 2 heterocycles. The molecule has 1 fully saturated rings. The van der Waals surface area contributed by atoms with Gasteiger partial charge in [-0.3, -0.25) is 0 Å². The highest BCUT2D eigenvalue weighted by atomic mass is 32.2. The predicted octanol–water partition coefficient (Wildman–Crippen LogP) is 0.978. The van der Waals surface area contributed by atoms with Crippen LogP contribution in [0.5, 0.6) is 0 Å². The molecule has 1 aliphatic heterocycles. The first kappa shape index (κ1) is 12.4. The number of nitrogens with zero attached hydrogens (tertiary/aromatic N) is 1. The van der Waals surface area contributed by atoms with Gasteiger partial charge in [0.2, 0.25) is 10.0 Å². The lowest BCUT2D eigenvalue weighted by atomic mass is 10.5. The minimum atomic E-state index is -3.39. The molecule has 0 unspecified atom stereocenters. The Morgan fingerprint density at radius 1 is 1.38 bits per heavy atom. The number of sulfonamides is 1. The lowest BCUT2D eigenvalue weighted by Gasteiger charge is -2.25. The Hall–Kier alpha value is -0.0800. The third-order valence-corrected chi connectivity index (χ3v) is 6.40. The van der Waals surface area contributed by atoms with Crippen molar-refractivity contribution in [1.29, 1.82) is 0 Å². The van der Waals surface area contributed by atoms with Crippen molar-refractivity contribution in [2.45, 2.75) is 11.5 Å². The molecule has 4 nitrogen and oxygen atoms in total. The van der Waals surface area contributed by atoms with Crippen molar-refractivity contribution in [3.63, 3.8) is 0 Å². The summed E-state index contributed by atoms with van der Waals surface area (Å²) in [7, 11) is -3.39. The minimum Gasteiger partial charge on any atom is -0.391 e. The minimum absolute atomic E-state index is 0.213. The molecule has 0 aromatic carbocycles. The third kappa shape index (κ3) is 2.28. The fourth-order valence-electron chi connectivity index (χ4n) is 1.60. The number of hydrogen-bond donors (Lipinski definition) is 1. The van der Waals surface area contributed by atoms with E-state index in [2.05, 4.69) is 0 Å². The molecule has 7 heteroatoms. The van der Waals surface area contributed by atoms with Crippen LogP contribution in [-0.2, 0) is 16.6 Å². The molecule has 0 aliphatic carbocycles. The van der Waals surface area contributed by atoms with Crippen LogP contribution in [0.15, 0.2) is 16.3 Å². The monoisotopic (exact) mass is 279 g/mol. The standard InChI is InChI=1S/C9H13NO3S3/c11-7-8-9(1-4-15-8)16(12,13)10-2-5-14-6-3-10/h1,4,11H,2-3,5-7H2. The van der Waals surface area contributed by atoms with Gasteiger partial charge in [-0.1, -0.05) is 0 Å². The van der Waals surface area contributed by atoms with Gasteiger partial charge in [0.15, 0.2) is 0 Å². The van der Waals surface area contributed by atoms with E-state index in [1.165, 1.54) is 15.6 Å². The number of hydrogen-bond acceptors (Lipinski definition) is 5. The third-order valence-electron chi connectivity index (χ3n) is 2.44. The van der Waals surface area contributed by atoms with Crippen LogP contribution < -0.4 is 0 Å². The first-order chi connectivity index (χ1) is 7.66. The first-order valence-corrected chi connectivity index (χ1v) is 8.39. The highest BCUT2D eigenvalue weighted by Crippen LogP contribution is 2.26. The van der Waals surface area contributed by atoms with Gasteiger partial charge < -0.3 is 5.11 Å². The van der Waals surface area contributed by atoms with E-state index < -0.39 is 10.0 Å². The van der Waals surface area contributed by atoms with Crippen molar-refractivity contribution in [1.82, 2.24) is 4.31 Å². The van der Waals surface area contributed by atoms with Crippen molar-refractivity contribution in [3.05, 3.63) is 16.3 Å². The van der Waals surface area contributed by atoms with Gasteiger partial charge in [0.1, 0.15) is 0 Å². The number of rotatable bonds is 3. The summed E-state index contributed by atoms with van der Waals surface area (Å²) in [6.07, 6.45) is 0.